The van der Waals surface area contributed by atoms with Crippen LogP contribution in [-0.2, 0) is 19.4 Å². The number of hydrogen-bond acceptors (Lipinski definition) is 7. The topological polar surface area (TPSA) is 136 Å². The number of carbonyl (C=O) groups excluding carboxylic acids is 2. The maximum atomic E-state index is 13.8. The number of fused-ring (bicyclic) bond motifs is 2. The number of nitrogens with one attached hydrogen (secondary N) is 1. The molecule has 2 aliphatic carbocycles. The Bertz CT molecular complexity index is 1350. The Morgan fingerprint density at radius 2 is 1.72 bits per heavy atom. The molecule has 5 atom stereocenters. The number of benzene rings is 2. The van der Waals surface area contributed by atoms with E-state index in [1.165, 1.54) is 19.1 Å². The van der Waals surface area contributed by atoms with Crippen molar-refractivity contribution in [2.24, 2.45) is 17.6 Å². The molecule has 2 bridgehead atoms. The van der Waals surface area contributed by atoms with Crippen LogP contribution in [0.4, 0.5) is 18.9 Å². The molecule has 0 radical (unpaired) electrons. The van der Waals surface area contributed by atoms with Crippen LogP contribution in [0, 0.1) is 29.3 Å². The van der Waals surface area contributed by atoms with Gasteiger partial charge in [0.2, 0.25) is 0 Å². The van der Waals surface area contributed by atoms with Crippen molar-refractivity contribution in [3.63, 3.8) is 0 Å². The van der Waals surface area contributed by atoms with Gasteiger partial charge in [0.05, 0.1) is 20.8 Å². The first-order valence-corrected chi connectivity index (χ1v) is 13.8. The fraction of sp³-hybridized carbons (Fsp3) is 0.440. The highest BCUT2D eigenvalue weighted by molar-refractivity contribution is 7.92. The van der Waals surface area contributed by atoms with Crippen molar-refractivity contribution in [3.05, 3.63) is 58.4 Å². The molecule has 39 heavy (non-hydrogen) atoms. The van der Waals surface area contributed by atoms with E-state index in [9.17, 15) is 36.3 Å². The van der Waals surface area contributed by atoms with E-state index >= 15 is 0 Å². The van der Waals surface area contributed by atoms with E-state index in [4.69, 9.17) is 22.1 Å². The first-order valence-electron chi connectivity index (χ1n) is 11.9. The number of rotatable bonds is 7. The predicted octanol–water partition coefficient (Wildman–Crippen LogP) is 4.02. The molecule has 4 N–H and O–H groups in total. The largest absolute Gasteiger partial charge is 0.461 e. The second kappa shape index (κ2) is 11.6. The Kier molecular flexibility index (Phi) is 9.28. The van der Waals surface area contributed by atoms with Gasteiger partial charge in [-0.25, -0.2) is 21.6 Å². The summed E-state index contributed by atoms with van der Waals surface area (Å²) < 4.78 is 72.9. The van der Waals surface area contributed by atoms with E-state index in [-0.39, 0.29) is 53.0 Å². The Morgan fingerprint density at radius 3 is 2.26 bits per heavy atom. The molecule has 0 aromatic heterocycles. The summed E-state index contributed by atoms with van der Waals surface area (Å²) in [5, 5.41) is 12.2. The van der Waals surface area contributed by atoms with Crippen LogP contribution in [-0.4, -0.2) is 48.9 Å². The van der Waals surface area contributed by atoms with Crippen molar-refractivity contribution in [1.29, 1.82) is 0 Å². The molecule has 2 aromatic carbocycles. The van der Waals surface area contributed by atoms with Crippen LogP contribution in [0.15, 0.2) is 35.2 Å². The highest BCUT2D eigenvalue weighted by Crippen LogP contribution is 2.51. The van der Waals surface area contributed by atoms with Gasteiger partial charge in [-0.05, 0) is 62.6 Å². The molecule has 0 aliphatic heterocycles. The van der Waals surface area contributed by atoms with Gasteiger partial charge in [-0.3, -0.25) is 9.59 Å². The molecule has 14 heteroatoms. The van der Waals surface area contributed by atoms with Gasteiger partial charge in [-0.2, -0.15) is 0 Å². The maximum absolute atomic E-state index is 13.8. The standard InChI is InChI=1S/C25H26ClF3N2O6S.ClH/c1-12(30)24(33)37-11-25(34)9-14-2-3-15(10-25)22(14)38(35,36)20-6-13(4-5-17(20)26)23(32)31-16-7-18(27)21(29)19(28)8-16;/h4-8,12,14-15,22,34H,2-3,9-11,30H2,1H3,(H,31,32);1H/t12-,14-,15?,22?,25?;/m0./s1. The average Bonchev–Trinajstić information content (AvgIpc) is 3.14. The minimum Gasteiger partial charge on any atom is -0.461 e. The quantitative estimate of drug-likeness (QED) is 0.318. The molecule has 2 aliphatic rings. The lowest BCUT2D eigenvalue weighted by Gasteiger charge is -2.40. The Hall–Kier alpha value is -2.38. The van der Waals surface area contributed by atoms with Crippen molar-refractivity contribution >= 4 is 51.4 Å². The number of halogens is 5. The number of anilines is 1. The number of sulfone groups is 1. The van der Waals surface area contributed by atoms with Crippen LogP contribution in [0.1, 0.15) is 43.0 Å². The fourth-order valence-corrected chi connectivity index (χ4v) is 8.28. The van der Waals surface area contributed by atoms with Gasteiger partial charge >= 0.3 is 5.97 Å². The molecular formula is C25H27Cl2F3N2O6S. The normalized spacial score (nSPS) is 24.9. The van der Waals surface area contributed by atoms with Crippen LogP contribution >= 0.6 is 24.0 Å². The zero-order chi connectivity index (χ0) is 28.0. The van der Waals surface area contributed by atoms with Gasteiger partial charge in [-0.1, -0.05) is 11.6 Å². The summed E-state index contributed by atoms with van der Waals surface area (Å²) in [4.78, 5) is 24.2. The maximum Gasteiger partial charge on any atom is 0.322 e. The van der Waals surface area contributed by atoms with E-state index < -0.39 is 67.9 Å². The van der Waals surface area contributed by atoms with Crippen molar-refractivity contribution < 1.29 is 41.0 Å². The lowest BCUT2D eigenvalue weighted by molar-refractivity contribution is -0.156. The Balaban J connectivity index is 0.00000420. The van der Waals surface area contributed by atoms with Crippen molar-refractivity contribution in [2.75, 3.05) is 11.9 Å². The third-order valence-corrected chi connectivity index (χ3v) is 9.96. The number of nitrogens with two attached hydrogens (primary N) is 1. The van der Waals surface area contributed by atoms with Crippen molar-refractivity contribution in [3.8, 4) is 0 Å². The lowest BCUT2D eigenvalue weighted by Crippen LogP contribution is -2.49. The molecule has 0 saturated heterocycles. The minimum atomic E-state index is -4.09. The predicted molar refractivity (Wildman–Crippen MR) is 139 cm³/mol. The van der Waals surface area contributed by atoms with Crippen LogP contribution < -0.4 is 11.1 Å². The molecule has 2 aromatic rings. The number of amides is 1. The van der Waals surface area contributed by atoms with Crippen LogP contribution in [0.2, 0.25) is 5.02 Å². The van der Waals surface area contributed by atoms with Crippen LogP contribution in [0.25, 0.3) is 0 Å². The number of esters is 1. The zero-order valence-corrected chi connectivity index (χ0v) is 23.0. The number of aliphatic hydroxyl groups is 1. The molecule has 214 valence electrons. The van der Waals surface area contributed by atoms with E-state index in [0.29, 0.717) is 25.0 Å². The van der Waals surface area contributed by atoms with Gasteiger partial charge < -0.3 is 20.9 Å². The smallest absolute Gasteiger partial charge is 0.322 e. The van der Waals surface area contributed by atoms with Gasteiger partial charge in [0, 0.05) is 23.4 Å². The van der Waals surface area contributed by atoms with E-state index in [1.54, 1.807) is 0 Å². The number of ether oxygens (including phenoxy) is 1. The van der Waals surface area contributed by atoms with E-state index in [2.05, 4.69) is 5.32 Å². The fourth-order valence-electron chi connectivity index (χ4n) is 5.44. The molecule has 0 heterocycles. The first-order chi connectivity index (χ1) is 17.7. The number of hydrogen-bond donors (Lipinski definition) is 3. The second-order valence-electron chi connectivity index (χ2n) is 9.99. The summed E-state index contributed by atoms with van der Waals surface area (Å²) in [5.41, 5.74) is 3.58. The summed E-state index contributed by atoms with van der Waals surface area (Å²) >= 11 is 6.24. The van der Waals surface area contributed by atoms with Crippen LogP contribution in [0.3, 0.4) is 0 Å². The lowest BCUT2D eigenvalue weighted by atomic mass is 9.77. The van der Waals surface area contributed by atoms with E-state index in [0.717, 1.165) is 6.07 Å². The highest BCUT2D eigenvalue weighted by atomic mass is 35.5. The minimum absolute atomic E-state index is 0. The molecule has 3 unspecified atom stereocenters. The average molecular weight is 611 g/mol. The van der Waals surface area contributed by atoms with Gasteiger partial charge in [0.1, 0.15) is 12.6 Å². The molecular weight excluding hydrogens is 584 g/mol. The molecule has 4 rings (SSSR count). The molecule has 2 saturated carbocycles. The van der Waals surface area contributed by atoms with Gasteiger partial charge in [-0.15, -0.1) is 12.4 Å². The van der Waals surface area contributed by atoms with Crippen molar-refractivity contribution in [2.45, 2.75) is 54.4 Å². The molecule has 2 fully saturated rings. The molecule has 0 spiro atoms. The summed E-state index contributed by atoms with van der Waals surface area (Å²) in [5.74, 6) is -7.15. The summed E-state index contributed by atoms with van der Waals surface area (Å²) in [6, 6.07) is 3.87. The SMILES string of the molecule is C[C@H](N)C(=O)OCC1(O)CC2CC[C@@H](C1)C2S(=O)(=O)c1cc(C(=O)Nc2cc(F)c(F)c(F)c2)ccc1Cl.Cl. The highest BCUT2D eigenvalue weighted by Gasteiger charge is 2.54. The zero-order valence-electron chi connectivity index (χ0n) is 20.6. The monoisotopic (exact) mass is 610 g/mol. The van der Waals surface area contributed by atoms with E-state index in [1.807, 2.05) is 0 Å². The summed E-state index contributed by atoms with van der Waals surface area (Å²) in [7, 11) is -4.09. The second-order valence-corrected chi connectivity index (χ2v) is 12.5. The van der Waals surface area contributed by atoms with Gasteiger partial charge in [0.15, 0.2) is 27.3 Å². The Morgan fingerprint density at radius 1 is 1.15 bits per heavy atom. The van der Waals surface area contributed by atoms with Gasteiger partial charge in [0.25, 0.3) is 5.91 Å². The third kappa shape index (κ3) is 6.35. The third-order valence-electron chi connectivity index (χ3n) is 7.08. The Labute approximate surface area is 234 Å². The summed E-state index contributed by atoms with van der Waals surface area (Å²) in [6.07, 6.45) is 1.22. The first kappa shape index (κ1) is 31.2. The van der Waals surface area contributed by atoms with Crippen LogP contribution in [0.5, 0.6) is 0 Å². The van der Waals surface area contributed by atoms with Crippen molar-refractivity contribution in [1.82, 2.24) is 0 Å². The molecule has 1 amide bonds. The number of carbonyl (C=O) groups is 2. The summed E-state index contributed by atoms with van der Waals surface area (Å²) in [6.45, 7) is 1.15. The molecule has 8 nitrogen and oxygen atoms in total.